The molecule has 1 aromatic rings. The van der Waals surface area contributed by atoms with Crippen LogP contribution in [0.2, 0.25) is 0 Å². The van der Waals surface area contributed by atoms with Crippen molar-refractivity contribution in [2.45, 2.75) is 55.0 Å². The second kappa shape index (κ2) is 7.33. The van der Waals surface area contributed by atoms with Crippen LogP contribution in [0.1, 0.15) is 26.0 Å². The largest absolute Gasteiger partial charge is 0.434 e. The Bertz CT molecular complexity index is 530. The van der Waals surface area contributed by atoms with Crippen molar-refractivity contribution in [2.24, 2.45) is 5.92 Å². The molecule has 130 valence electrons. The first-order chi connectivity index (χ1) is 10.7. The zero-order chi connectivity index (χ0) is 17.2. The fourth-order valence-electron chi connectivity index (χ4n) is 2.33. The molecule has 1 aromatic heterocycles. The number of aromatic nitrogens is 2. The third-order valence-corrected chi connectivity index (χ3v) is 4.62. The number of rotatable bonds is 4. The van der Waals surface area contributed by atoms with E-state index in [1.807, 2.05) is 13.8 Å². The summed E-state index contributed by atoms with van der Waals surface area (Å²) in [6.07, 6.45) is -4.80. The van der Waals surface area contributed by atoms with E-state index in [1.54, 1.807) is 0 Å². The molecule has 0 aliphatic carbocycles. The Balaban J connectivity index is 2.04. The van der Waals surface area contributed by atoms with Crippen molar-refractivity contribution in [1.29, 1.82) is 0 Å². The Labute approximate surface area is 136 Å². The summed E-state index contributed by atoms with van der Waals surface area (Å²) >= 11 is 0.919. The topological polar surface area (TPSA) is 75.5 Å². The number of alkyl halides is 3. The van der Waals surface area contributed by atoms with Crippen LogP contribution in [0.3, 0.4) is 0 Å². The van der Waals surface area contributed by atoms with Crippen LogP contribution < -0.4 is 0 Å². The van der Waals surface area contributed by atoms with Gasteiger partial charge in [0, 0.05) is 0 Å². The molecule has 1 saturated heterocycles. The van der Waals surface area contributed by atoms with Crippen molar-refractivity contribution in [2.75, 3.05) is 6.61 Å². The van der Waals surface area contributed by atoms with Crippen LogP contribution in [0, 0.1) is 5.92 Å². The number of aliphatic hydroxyl groups excluding tert-OH is 2. The second-order valence-electron chi connectivity index (χ2n) is 5.88. The lowest BCUT2D eigenvalue weighted by Gasteiger charge is -2.37. The first-order valence-corrected chi connectivity index (χ1v) is 8.10. The van der Waals surface area contributed by atoms with Crippen molar-refractivity contribution in [3.8, 4) is 0 Å². The lowest BCUT2D eigenvalue weighted by atomic mass is 9.95. The van der Waals surface area contributed by atoms with Gasteiger partial charge in [0.15, 0.2) is 5.69 Å². The average Bonchev–Trinajstić information content (AvgIpc) is 2.46. The van der Waals surface area contributed by atoms with Gasteiger partial charge in [0.1, 0.15) is 11.1 Å². The summed E-state index contributed by atoms with van der Waals surface area (Å²) in [5.41, 5.74) is -1.09. The highest BCUT2D eigenvalue weighted by Crippen LogP contribution is 2.33. The molecule has 2 heterocycles. The molecule has 1 aliphatic rings. The van der Waals surface area contributed by atoms with Crippen molar-refractivity contribution < 1.29 is 28.1 Å². The lowest BCUT2D eigenvalue weighted by Crippen LogP contribution is -2.52. The van der Waals surface area contributed by atoms with Crippen LogP contribution in [-0.4, -0.2) is 50.3 Å². The third kappa shape index (κ3) is 4.79. The molecule has 0 aromatic carbocycles. The van der Waals surface area contributed by atoms with E-state index in [1.165, 1.54) is 6.20 Å². The van der Waals surface area contributed by atoms with E-state index in [9.17, 15) is 23.4 Å². The van der Waals surface area contributed by atoms with Gasteiger partial charge in [-0.1, -0.05) is 25.6 Å². The normalized spacial score (nSPS) is 29.0. The van der Waals surface area contributed by atoms with Gasteiger partial charge in [0.05, 0.1) is 36.5 Å². The van der Waals surface area contributed by atoms with Crippen LogP contribution in [0.4, 0.5) is 13.2 Å². The molecule has 0 amide bonds. The molecule has 0 radical (unpaired) electrons. The smallest absolute Gasteiger partial charge is 0.389 e. The Morgan fingerprint density at radius 3 is 2.61 bits per heavy atom. The van der Waals surface area contributed by atoms with E-state index in [2.05, 4.69) is 9.97 Å². The fraction of sp³-hybridized carbons (Fsp3) is 0.714. The van der Waals surface area contributed by atoms with Gasteiger partial charge in [-0.25, -0.2) is 4.98 Å². The van der Waals surface area contributed by atoms with E-state index in [0.29, 0.717) is 18.5 Å². The van der Waals surface area contributed by atoms with Gasteiger partial charge in [-0.15, -0.1) is 0 Å². The predicted molar refractivity (Wildman–Crippen MR) is 77.9 cm³/mol. The van der Waals surface area contributed by atoms with E-state index >= 15 is 0 Å². The highest BCUT2D eigenvalue weighted by atomic mass is 32.2. The van der Waals surface area contributed by atoms with Gasteiger partial charge < -0.3 is 14.9 Å². The fourth-order valence-corrected chi connectivity index (χ4v) is 3.36. The summed E-state index contributed by atoms with van der Waals surface area (Å²) in [5.74, 6) is 0.292. The van der Waals surface area contributed by atoms with Gasteiger partial charge in [0.25, 0.3) is 0 Å². The molecule has 0 spiro atoms. The van der Waals surface area contributed by atoms with Crippen LogP contribution >= 0.6 is 11.8 Å². The summed E-state index contributed by atoms with van der Waals surface area (Å²) < 4.78 is 43.4. The quantitative estimate of drug-likeness (QED) is 0.865. The summed E-state index contributed by atoms with van der Waals surface area (Å²) in [5, 5.41) is 19.7. The Morgan fingerprint density at radius 2 is 2.00 bits per heavy atom. The monoisotopic (exact) mass is 352 g/mol. The number of hydrogen-bond acceptors (Lipinski definition) is 6. The number of thioether (sulfide) groups is 1. The maximum absolute atomic E-state index is 12.6. The van der Waals surface area contributed by atoms with E-state index in [-0.39, 0.29) is 11.6 Å². The SMILES string of the molecule is CC(C)C[C@H]1OCC(Sc2cncc(C(F)(F)F)n2)[C@@H](O)[C@H]1O. The molecule has 1 unspecified atom stereocenters. The molecule has 0 bridgehead atoms. The molecule has 23 heavy (non-hydrogen) atoms. The minimum absolute atomic E-state index is 0.0296. The molecule has 2 N–H and O–H groups in total. The van der Waals surface area contributed by atoms with Gasteiger partial charge in [-0.3, -0.25) is 4.98 Å². The molecule has 5 nitrogen and oxygen atoms in total. The predicted octanol–water partition coefficient (Wildman–Crippen LogP) is 2.12. The van der Waals surface area contributed by atoms with E-state index in [0.717, 1.165) is 11.8 Å². The van der Waals surface area contributed by atoms with Gasteiger partial charge in [0.2, 0.25) is 0 Å². The molecule has 0 saturated carbocycles. The van der Waals surface area contributed by atoms with Crippen LogP contribution in [-0.2, 0) is 10.9 Å². The van der Waals surface area contributed by atoms with Gasteiger partial charge in [-0.2, -0.15) is 13.2 Å². The molecular formula is C14H19F3N2O3S. The van der Waals surface area contributed by atoms with Crippen molar-refractivity contribution >= 4 is 11.8 Å². The van der Waals surface area contributed by atoms with Gasteiger partial charge >= 0.3 is 6.18 Å². The minimum atomic E-state index is -4.58. The van der Waals surface area contributed by atoms with E-state index < -0.39 is 35.4 Å². The summed E-state index contributed by atoms with van der Waals surface area (Å²) in [6.45, 7) is 4.07. The van der Waals surface area contributed by atoms with Crippen molar-refractivity contribution in [1.82, 2.24) is 9.97 Å². The highest BCUT2D eigenvalue weighted by Gasteiger charge is 2.39. The first kappa shape index (κ1) is 18.4. The summed E-state index contributed by atoms with van der Waals surface area (Å²) in [4.78, 5) is 7.02. The average molecular weight is 352 g/mol. The molecule has 2 rings (SSSR count). The Kier molecular flexibility index (Phi) is 5.88. The van der Waals surface area contributed by atoms with Crippen molar-refractivity contribution in [3.63, 3.8) is 0 Å². The summed E-state index contributed by atoms with van der Waals surface area (Å²) in [7, 11) is 0. The maximum Gasteiger partial charge on any atom is 0.434 e. The zero-order valence-corrected chi connectivity index (χ0v) is 13.5. The number of halogens is 3. The molecule has 9 heteroatoms. The second-order valence-corrected chi connectivity index (χ2v) is 7.14. The number of aliphatic hydroxyl groups is 2. The molecule has 1 fully saturated rings. The molecule has 4 atom stereocenters. The molecule has 1 aliphatic heterocycles. The zero-order valence-electron chi connectivity index (χ0n) is 12.7. The van der Waals surface area contributed by atoms with E-state index in [4.69, 9.17) is 4.74 Å². The minimum Gasteiger partial charge on any atom is -0.389 e. The number of ether oxygens (including phenoxy) is 1. The van der Waals surface area contributed by atoms with Crippen LogP contribution in [0.15, 0.2) is 17.4 Å². The lowest BCUT2D eigenvalue weighted by molar-refractivity contribution is -0.141. The number of hydrogen-bond donors (Lipinski definition) is 2. The Morgan fingerprint density at radius 1 is 1.30 bits per heavy atom. The highest BCUT2D eigenvalue weighted by molar-refractivity contribution is 7.99. The van der Waals surface area contributed by atoms with Crippen LogP contribution in [0.5, 0.6) is 0 Å². The Hall–Kier alpha value is -0.900. The standard InChI is InChI=1S/C14H19F3N2O3S/c1-7(2)3-8-12(20)13(21)9(6-22-8)23-11-5-18-4-10(19-11)14(15,16)17/h4-5,7-9,12-13,20-21H,3,6H2,1-2H3/t8-,9?,12+,13-/m1/s1. The maximum atomic E-state index is 12.6. The van der Waals surface area contributed by atoms with Gasteiger partial charge in [-0.05, 0) is 12.3 Å². The number of nitrogens with zero attached hydrogens (tertiary/aromatic N) is 2. The summed E-state index contributed by atoms with van der Waals surface area (Å²) in [6, 6.07) is 0. The van der Waals surface area contributed by atoms with Crippen molar-refractivity contribution in [3.05, 3.63) is 18.1 Å². The molecular weight excluding hydrogens is 333 g/mol. The van der Waals surface area contributed by atoms with Crippen LogP contribution in [0.25, 0.3) is 0 Å². The third-order valence-electron chi connectivity index (χ3n) is 3.47. The first-order valence-electron chi connectivity index (χ1n) is 7.22.